The van der Waals surface area contributed by atoms with Crippen LogP contribution >= 0.6 is 0 Å². The Balaban J connectivity index is 1.66. The Morgan fingerprint density at radius 3 is 2.66 bits per heavy atom. The average molecular weight is 442 g/mol. The summed E-state index contributed by atoms with van der Waals surface area (Å²) in [5, 5.41) is 8.25. The molecule has 1 unspecified atom stereocenters. The average Bonchev–Trinajstić information content (AvgIpc) is 3.29. The lowest BCUT2D eigenvalue weighted by Crippen LogP contribution is -2.61. The summed E-state index contributed by atoms with van der Waals surface area (Å²) in [4.78, 5) is 28.3. The molecule has 0 bridgehead atoms. The van der Waals surface area contributed by atoms with Crippen molar-refractivity contribution in [2.24, 2.45) is 0 Å². The molecule has 1 amide bonds. The fraction of sp³-hybridized carbons (Fsp3) is 0.476. The van der Waals surface area contributed by atoms with Gasteiger partial charge in [-0.25, -0.2) is 19.6 Å². The molecule has 2 aliphatic rings. The molecule has 3 aromatic rings. The number of nitrogens with zero attached hydrogens (tertiary/aromatic N) is 7. The van der Waals surface area contributed by atoms with E-state index in [1.165, 1.54) is 17.8 Å². The number of aromatic nitrogens is 5. The second kappa shape index (κ2) is 7.16. The number of fused-ring (bicyclic) bond motifs is 1. The predicted octanol–water partition coefficient (Wildman–Crippen LogP) is 2.57. The highest BCUT2D eigenvalue weighted by Crippen LogP contribution is 2.44. The van der Waals surface area contributed by atoms with Crippen LogP contribution in [0, 0.1) is 0 Å². The number of likely N-dealkylation sites (N-methyl/N-ethyl adjacent to an activating group) is 1. The van der Waals surface area contributed by atoms with Gasteiger partial charge in [0.2, 0.25) is 11.7 Å². The molecule has 5 heterocycles. The number of halogens is 2. The Hall–Kier alpha value is -3.21. The predicted molar refractivity (Wildman–Crippen MR) is 115 cm³/mol. The van der Waals surface area contributed by atoms with Gasteiger partial charge in [-0.2, -0.15) is 8.78 Å². The van der Waals surface area contributed by atoms with Gasteiger partial charge in [0.1, 0.15) is 5.82 Å². The third-order valence-corrected chi connectivity index (χ3v) is 6.25. The van der Waals surface area contributed by atoms with E-state index >= 15 is 0 Å². The molecular weight excluding hydrogens is 418 g/mol. The van der Waals surface area contributed by atoms with Crippen molar-refractivity contribution in [2.45, 2.75) is 38.2 Å². The van der Waals surface area contributed by atoms with Gasteiger partial charge in [0.25, 0.3) is 0 Å². The molecule has 0 aromatic carbocycles. The zero-order valence-corrected chi connectivity index (χ0v) is 18.1. The molecule has 0 radical (unpaired) electrons. The topological polar surface area (TPSA) is 92.1 Å². The van der Waals surface area contributed by atoms with Gasteiger partial charge in [-0.05, 0) is 19.9 Å². The fourth-order valence-corrected chi connectivity index (χ4v) is 4.65. The van der Waals surface area contributed by atoms with Gasteiger partial charge in [-0.1, -0.05) is 0 Å². The van der Waals surface area contributed by atoms with Crippen LogP contribution in [0.15, 0.2) is 24.5 Å². The van der Waals surface area contributed by atoms with Gasteiger partial charge in [-0.3, -0.25) is 4.79 Å². The molecule has 9 nitrogen and oxygen atoms in total. The summed E-state index contributed by atoms with van der Waals surface area (Å²) in [6, 6.07) is 3.23. The van der Waals surface area contributed by atoms with Gasteiger partial charge >= 0.3 is 5.92 Å². The lowest BCUT2D eigenvalue weighted by Gasteiger charge is -2.51. The van der Waals surface area contributed by atoms with Gasteiger partial charge in [0.05, 0.1) is 16.4 Å². The first-order valence-corrected chi connectivity index (χ1v) is 10.5. The Kier molecular flexibility index (Phi) is 4.63. The first-order valence-electron chi connectivity index (χ1n) is 10.5. The number of hydrogen-bond acceptors (Lipinski definition) is 7. The number of nitrogens with one attached hydrogen (secondary N) is 1. The molecule has 32 heavy (non-hydrogen) atoms. The molecule has 1 N–H and O–H groups in total. The summed E-state index contributed by atoms with van der Waals surface area (Å²) >= 11 is 0. The molecule has 0 aliphatic carbocycles. The van der Waals surface area contributed by atoms with E-state index in [0.29, 0.717) is 11.3 Å². The Morgan fingerprint density at radius 1 is 1.25 bits per heavy atom. The van der Waals surface area contributed by atoms with E-state index in [1.54, 1.807) is 18.3 Å². The summed E-state index contributed by atoms with van der Waals surface area (Å²) < 4.78 is 29.3. The molecule has 1 spiro atoms. The standard InChI is InChI=1S/C21H24F2N8O/c1-13(32)26-16-10-15-14(11-25-16)18(30-9-6-21(30)5-8-29(3)12-21)28-31(15)17-4-7-24-19(27-17)20(2,22)23/h4,7,10-11H,5-6,8-9,12H2,1-3H3,(H,25,26,32). The summed E-state index contributed by atoms with van der Waals surface area (Å²) in [5.74, 6) is -2.69. The van der Waals surface area contributed by atoms with E-state index in [4.69, 9.17) is 5.10 Å². The number of anilines is 2. The van der Waals surface area contributed by atoms with Crippen molar-refractivity contribution < 1.29 is 13.6 Å². The van der Waals surface area contributed by atoms with E-state index < -0.39 is 11.7 Å². The third kappa shape index (κ3) is 3.36. The maximum atomic E-state index is 13.9. The van der Waals surface area contributed by atoms with Gasteiger partial charge in [0.15, 0.2) is 11.6 Å². The van der Waals surface area contributed by atoms with Crippen LogP contribution in [0.1, 0.15) is 32.5 Å². The largest absolute Gasteiger partial charge is 0.347 e. The lowest BCUT2D eigenvalue weighted by molar-refractivity contribution is -0.114. The zero-order chi connectivity index (χ0) is 22.7. The SMILES string of the molecule is CC(=O)Nc1cc2c(cn1)c(N1CCC13CCN(C)C3)nn2-c1ccnc(C(C)(F)F)n1. The normalized spacial score (nSPS) is 21.3. The van der Waals surface area contributed by atoms with Crippen molar-refractivity contribution in [1.29, 1.82) is 0 Å². The number of pyridine rings is 1. The molecule has 11 heteroatoms. The number of carbonyl (C=O) groups is 1. The number of carbonyl (C=O) groups excluding carboxylic acids is 1. The van der Waals surface area contributed by atoms with Gasteiger partial charge in [0, 0.05) is 58.0 Å². The minimum Gasteiger partial charge on any atom is -0.347 e. The second-order valence-corrected chi connectivity index (χ2v) is 8.74. The summed E-state index contributed by atoms with van der Waals surface area (Å²) in [6.45, 7) is 4.97. The highest BCUT2D eigenvalue weighted by atomic mass is 19.3. The molecule has 5 rings (SSSR count). The van der Waals surface area contributed by atoms with Crippen LogP contribution in [0.2, 0.25) is 0 Å². The van der Waals surface area contributed by atoms with E-state index in [0.717, 1.165) is 50.6 Å². The van der Waals surface area contributed by atoms with E-state index in [-0.39, 0.29) is 17.3 Å². The number of amides is 1. The van der Waals surface area contributed by atoms with Crippen molar-refractivity contribution in [2.75, 3.05) is 36.9 Å². The third-order valence-electron chi connectivity index (χ3n) is 6.25. The minimum atomic E-state index is -3.18. The number of alkyl halides is 2. The first kappa shape index (κ1) is 20.7. The Labute approximate surface area is 183 Å². The maximum Gasteiger partial charge on any atom is 0.303 e. The van der Waals surface area contributed by atoms with Crippen LogP contribution in [-0.2, 0) is 10.7 Å². The molecule has 168 valence electrons. The molecule has 2 aliphatic heterocycles. The zero-order valence-electron chi connectivity index (χ0n) is 18.1. The number of likely N-dealkylation sites (tertiary alicyclic amines) is 1. The molecule has 1 atom stereocenters. The van der Waals surface area contributed by atoms with Crippen molar-refractivity contribution in [1.82, 2.24) is 29.6 Å². The number of hydrogen-bond donors (Lipinski definition) is 1. The van der Waals surface area contributed by atoms with Crippen LogP contribution < -0.4 is 10.2 Å². The lowest BCUT2D eigenvalue weighted by atomic mass is 9.83. The van der Waals surface area contributed by atoms with Crippen molar-refractivity contribution in [3.05, 3.63) is 30.4 Å². The van der Waals surface area contributed by atoms with Crippen molar-refractivity contribution in [3.63, 3.8) is 0 Å². The van der Waals surface area contributed by atoms with Crippen LogP contribution in [0.5, 0.6) is 0 Å². The van der Waals surface area contributed by atoms with Crippen LogP contribution in [0.4, 0.5) is 20.4 Å². The fourth-order valence-electron chi connectivity index (χ4n) is 4.65. The molecule has 0 saturated carbocycles. The minimum absolute atomic E-state index is 0.0183. The molecule has 2 fully saturated rings. The number of rotatable bonds is 4. The van der Waals surface area contributed by atoms with Crippen LogP contribution in [0.25, 0.3) is 16.7 Å². The quantitative estimate of drug-likeness (QED) is 0.664. The maximum absolute atomic E-state index is 13.9. The summed E-state index contributed by atoms with van der Waals surface area (Å²) in [6.07, 6.45) is 5.08. The van der Waals surface area contributed by atoms with E-state index in [1.807, 2.05) is 0 Å². The molecule has 2 saturated heterocycles. The van der Waals surface area contributed by atoms with Crippen LogP contribution in [0.3, 0.4) is 0 Å². The van der Waals surface area contributed by atoms with E-state index in [2.05, 4.69) is 37.1 Å². The summed E-state index contributed by atoms with van der Waals surface area (Å²) in [5.41, 5.74) is 0.640. The van der Waals surface area contributed by atoms with Gasteiger partial charge in [-0.15, -0.1) is 5.10 Å². The monoisotopic (exact) mass is 442 g/mol. The van der Waals surface area contributed by atoms with E-state index in [9.17, 15) is 13.6 Å². The first-order chi connectivity index (χ1) is 15.2. The molecule has 3 aromatic heterocycles. The van der Waals surface area contributed by atoms with Crippen molar-refractivity contribution >= 4 is 28.4 Å². The highest BCUT2D eigenvalue weighted by molar-refractivity contribution is 5.95. The second-order valence-electron chi connectivity index (χ2n) is 8.74. The summed E-state index contributed by atoms with van der Waals surface area (Å²) in [7, 11) is 2.11. The van der Waals surface area contributed by atoms with Gasteiger partial charge < -0.3 is 15.1 Å². The Bertz CT molecular complexity index is 1210. The smallest absolute Gasteiger partial charge is 0.303 e. The van der Waals surface area contributed by atoms with Crippen molar-refractivity contribution in [3.8, 4) is 5.82 Å². The van der Waals surface area contributed by atoms with Crippen LogP contribution in [-0.4, -0.2) is 67.8 Å². The Morgan fingerprint density at radius 2 is 2.03 bits per heavy atom. The highest BCUT2D eigenvalue weighted by Gasteiger charge is 2.50. The molecular formula is C21H24F2N8O.